The van der Waals surface area contributed by atoms with Crippen LogP contribution in [0.25, 0.3) is 10.9 Å². The molecule has 4 aromatic rings. The fourth-order valence-electron chi connectivity index (χ4n) is 4.80. The number of hydrogen-bond acceptors (Lipinski definition) is 4. The van der Waals surface area contributed by atoms with Crippen LogP contribution in [0.5, 0.6) is 11.5 Å². The molecule has 2 heterocycles. The number of aromatic amines is 1. The lowest BCUT2D eigenvalue weighted by Gasteiger charge is -2.32. The molecule has 3 aromatic carbocycles. The minimum absolute atomic E-state index is 0.0203. The average Bonchev–Trinajstić information content (AvgIpc) is 3.35. The molecule has 0 atom stereocenters. The highest BCUT2D eigenvalue weighted by Gasteiger charge is 2.26. The van der Waals surface area contributed by atoms with Gasteiger partial charge >= 0.3 is 0 Å². The Bertz CT molecular complexity index is 1390. The second kappa shape index (κ2) is 9.94. The number of hydrogen-bond donors (Lipinski definition) is 1. The Morgan fingerprint density at radius 3 is 2.69 bits per heavy atom. The molecule has 1 amide bonds. The lowest BCUT2D eigenvalue weighted by molar-refractivity contribution is 0.0713. The van der Waals surface area contributed by atoms with Crippen molar-refractivity contribution in [3.05, 3.63) is 95.2 Å². The second-order valence-corrected chi connectivity index (χ2v) is 8.81. The maximum absolute atomic E-state index is 13.2. The summed E-state index contributed by atoms with van der Waals surface area (Å²) < 4.78 is 11.3. The number of rotatable bonds is 6. The van der Waals surface area contributed by atoms with Crippen LogP contribution in [0.3, 0.4) is 0 Å². The number of nitriles is 1. The van der Waals surface area contributed by atoms with Crippen molar-refractivity contribution in [1.82, 2.24) is 9.88 Å². The van der Waals surface area contributed by atoms with Crippen LogP contribution in [-0.2, 0) is 6.61 Å². The SMILES string of the molecule is COc1ccc2[nH]cc(C3CCN(C(=O)c4cccc(OCc5ccccc5C#N)c4)CC3)c2c1. The fraction of sp³-hybridized carbons (Fsp3) is 0.241. The third-order valence-corrected chi connectivity index (χ3v) is 6.76. The Labute approximate surface area is 204 Å². The maximum Gasteiger partial charge on any atom is 0.253 e. The minimum Gasteiger partial charge on any atom is -0.497 e. The topological polar surface area (TPSA) is 78.3 Å². The fourth-order valence-corrected chi connectivity index (χ4v) is 4.80. The van der Waals surface area contributed by atoms with E-state index in [1.54, 1.807) is 19.2 Å². The number of piperidine rings is 1. The Morgan fingerprint density at radius 2 is 1.89 bits per heavy atom. The molecule has 5 rings (SSSR count). The van der Waals surface area contributed by atoms with E-state index in [1.165, 1.54) is 10.9 Å². The highest BCUT2D eigenvalue weighted by molar-refractivity contribution is 5.94. The van der Waals surface area contributed by atoms with E-state index in [1.807, 2.05) is 53.4 Å². The Hall–Kier alpha value is -4.24. The van der Waals surface area contributed by atoms with Gasteiger partial charge in [0, 0.05) is 41.3 Å². The lowest BCUT2D eigenvalue weighted by Crippen LogP contribution is -2.37. The van der Waals surface area contributed by atoms with Crippen LogP contribution in [0.2, 0.25) is 0 Å². The van der Waals surface area contributed by atoms with Gasteiger partial charge in [0.25, 0.3) is 5.91 Å². The van der Waals surface area contributed by atoms with Gasteiger partial charge < -0.3 is 19.4 Å². The van der Waals surface area contributed by atoms with Crippen molar-refractivity contribution >= 4 is 16.8 Å². The molecule has 1 aromatic heterocycles. The van der Waals surface area contributed by atoms with Crippen molar-refractivity contribution in [2.45, 2.75) is 25.4 Å². The molecule has 1 N–H and O–H groups in total. The number of amides is 1. The molecule has 0 bridgehead atoms. The number of carbonyl (C=O) groups is 1. The van der Waals surface area contributed by atoms with E-state index >= 15 is 0 Å². The summed E-state index contributed by atoms with van der Waals surface area (Å²) in [6.07, 6.45) is 3.92. The molecule has 0 unspecified atom stereocenters. The molecule has 0 aliphatic carbocycles. The van der Waals surface area contributed by atoms with Crippen LogP contribution in [0, 0.1) is 11.3 Å². The zero-order chi connectivity index (χ0) is 24.2. The highest BCUT2D eigenvalue weighted by Crippen LogP contribution is 2.35. The second-order valence-electron chi connectivity index (χ2n) is 8.81. The molecule has 0 spiro atoms. The van der Waals surface area contributed by atoms with Crippen LogP contribution in [-0.4, -0.2) is 36.0 Å². The number of likely N-dealkylation sites (tertiary alicyclic amines) is 1. The van der Waals surface area contributed by atoms with Gasteiger partial charge in [-0.1, -0.05) is 24.3 Å². The van der Waals surface area contributed by atoms with Crippen LogP contribution in [0.15, 0.2) is 72.9 Å². The maximum atomic E-state index is 13.2. The van der Waals surface area contributed by atoms with Crippen molar-refractivity contribution in [3.63, 3.8) is 0 Å². The zero-order valence-corrected chi connectivity index (χ0v) is 19.7. The van der Waals surface area contributed by atoms with Crippen molar-refractivity contribution in [1.29, 1.82) is 5.26 Å². The highest BCUT2D eigenvalue weighted by atomic mass is 16.5. The molecule has 1 aliphatic heterocycles. The Balaban J connectivity index is 1.23. The Kier molecular flexibility index (Phi) is 6.40. The number of nitrogens with zero attached hydrogens (tertiary/aromatic N) is 2. The van der Waals surface area contributed by atoms with E-state index in [2.05, 4.69) is 23.3 Å². The van der Waals surface area contributed by atoms with Crippen molar-refractivity contribution in [3.8, 4) is 17.6 Å². The van der Waals surface area contributed by atoms with Gasteiger partial charge in [0.05, 0.1) is 18.7 Å². The summed E-state index contributed by atoms with van der Waals surface area (Å²) in [6, 6.07) is 22.9. The van der Waals surface area contributed by atoms with Gasteiger partial charge in [-0.3, -0.25) is 4.79 Å². The number of nitrogens with one attached hydrogen (secondary N) is 1. The van der Waals surface area contributed by atoms with Crippen molar-refractivity contribution in [2.24, 2.45) is 0 Å². The van der Waals surface area contributed by atoms with Gasteiger partial charge in [-0.2, -0.15) is 5.26 Å². The van der Waals surface area contributed by atoms with E-state index in [9.17, 15) is 10.1 Å². The number of H-pyrrole nitrogens is 1. The number of methoxy groups -OCH3 is 1. The monoisotopic (exact) mass is 465 g/mol. The van der Waals surface area contributed by atoms with Crippen molar-refractivity contribution < 1.29 is 14.3 Å². The quantitative estimate of drug-likeness (QED) is 0.399. The van der Waals surface area contributed by atoms with E-state index in [0.717, 1.165) is 29.7 Å². The van der Waals surface area contributed by atoms with Crippen LogP contribution in [0.4, 0.5) is 0 Å². The van der Waals surface area contributed by atoms with Gasteiger partial charge in [0.1, 0.15) is 18.1 Å². The van der Waals surface area contributed by atoms with Crippen LogP contribution >= 0.6 is 0 Å². The third kappa shape index (κ3) is 4.71. The standard InChI is InChI=1S/C29H27N3O3/c1-34-24-9-10-28-26(16-24)27(18-31-28)20-11-13-32(14-12-20)29(33)21-7-4-8-25(15-21)35-19-23-6-3-2-5-22(23)17-30/h2-10,15-16,18,20,31H,11-14,19H2,1H3. The number of carbonyl (C=O) groups excluding carboxylic acids is 1. The van der Waals surface area contributed by atoms with Gasteiger partial charge in [-0.15, -0.1) is 0 Å². The molecule has 0 saturated carbocycles. The minimum atomic E-state index is 0.0203. The molecule has 6 heteroatoms. The molecule has 1 fully saturated rings. The smallest absolute Gasteiger partial charge is 0.253 e. The average molecular weight is 466 g/mol. The number of benzene rings is 3. The van der Waals surface area contributed by atoms with E-state index < -0.39 is 0 Å². The predicted molar refractivity (Wildman–Crippen MR) is 135 cm³/mol. The molecule has 176 valence electrons. The first-order chi connectivity index (χ1) is 17.2. The molecule has 6 nitrogen and oxygen atoms in total. The molecule has 35 heavy (non-hydrogen) atoms. The summed E-state index contributed by atoms with van der Waals surface area (Å²) in [6.45, 7) is 1.70. The molecule has 1 saturated heterocycles. The summed E-state index contributed by atoms with van der Waals surface area (Å²) in [5, 5.41) is 10.5. The van der Waals surface area contributed by atoms with Crippen LogP contribution < -0.4 is 9.47 Å². The van der Waals surface area contributed by atoms with Crippen LogP contribution in [0.1, 0.15) is 45.8 Å². The lowest BCUT2D eigenvalue weighted by atomic mass is 9.89. The van der Waals surface area contributed by atoms with E-state index in [0.29, 0.717) is 35.9 Å². The molecular weight excluding hydrogens is 438 g/mol. The normalized spacial score (nSPS) is 14.0. The largest absolute Gasteiger partial charge is 0.497 e. The van der Waals surface area contributed by atoms with E-state index in [-0.39, 0.29) is 12.5 Å². The number of fused-ring (bicyclic) bond motifs is 1. The summed E-state index contributed by atoms with van der Waals surface area (Å²) in [5.41, 5.74) is 4.43. The summed E-state index contributed by atoms with van der Waals surface area (Å²) in [4.78, 5) is 18.5. The molecular formula is C29H27N3O3. The zero-order valence-electron chi connectivity index (χ0n) is 19.7. The summed E-state index contributed by atoms with van der Waals surface area (Å²) in [7, 11) is 1.68. The predicted octanol–water partition coefficient (Wildman–Crippen LogP) is 5.65. The van der Waals surface area contributed by atoms with Crippen molar-refractivity contribution in [2.75, 3.05) is 20.2 Å². The summed E-state index contributed by atoms with van der Waals surface area (Å²) >= 11 is 0. The first-order valence-electron chi connectivity index (χ1n) is 11.8. The number of aromatic nitrogens is 1. The number of ether oxygens (including phenoxy) is 2. The van der Waals surface area contributed by atoms with Gasteiger partial charge in [-0.05, 0) is 66.8 Å². The summed E-state index contributed by atoms with van der Waals surface area (Å²) in [5.74, 6) is 1.89. The Morgan fingerprint density at radius 1 is 1.06 bits per heavy atom. The third-order valence-electron chi connectivity index (χ3n) is 6.76. The molecule has 0 radical (unpaired) electrons. The first kappa shape index (κ1) is 22.5. The van der Waals surface area contributed by atoms with Gasteiger partial charge in [0.2, 0.25) is 0 Å². The first-order valence-corrected chi connectivity index (χ1v) is 11.8. The van der Waals surface area contributed by atoms with Gasteiger partial charge in [-0.25, -0.2) is 0 Å². The van der Waals surface area contributed by atoms with E-state index in [4.69, 9.17) is 9.47 Å². The van der Waals surface area contributed by atoms with Gasteiger partial charge in [0.15, 0.2) is 0 Å². The molecule has 1 aliphatic rings.